The second-order valence-electron chi connectivity index (χ2n) is 6.00. The average Bonchev–Trinajstić information content (AvgIpc) is 2.66. The molecule has 0 fully saturated rings. The predicted octanol–water partition coefficient (Wildman–Crippen LogP) is 2.00. The van der Waals surface area contributed by atoms with Gasteiger partial charge in [-0.15, -0.1) is 24.0 Å². The van der Waals surface area contributed by atoms with Crippen LogP contribution < -0.4 is 20.1 Å². The fraction of sp³-hybridized carbons (Fsp3) is 0.632. The smallest absolute Gasteiger partial charge is 0.191 e. The van der Waals surface area contributed by atoms with Gasteiger partial charge >= 0.3 is 0 Å². The lowest BCUT2D eigenvalue weighted by Gasteiger charge is -2.18. The number of methoxy groups -OCH3 is 3. The van der Waals surface area contributed by atoms with Gasteiger partial charge in [0, 0.05) is 46.9 Å². The monoisotopic (exact) mass is 494 g/mol. The molecule has 0 aliphatic carbocycles. The Morgan fingerprint density at radius 2 is 1.81 bits per heavy atom. The first-order chi connectivity index (χ1) is 12.6. The molecule has 27 heavy (non-hydrogen) atoms. The second kappa shape index (κ2) is 15.8. The maximum absolute atomic E-state index is 5.42. The molecule has 0 atom stereocenters. The molecule has 0 saturated carbocycles. The molecular formula is C19H35IN4O3. The van der Waals surface area contributed by atoms with Gasteiger partial charge in [-0.3, -0.25) is 4.99 Å². The van der Waals surface area contributed by atoms with Gasteiger partial charge in [0.05, 0.1) is 14.2 Å². The van der Waals surface area contributed by atoms with Crippen molar-refractivity contribution in [2.75, 3.05) is 68.2 Å². The van der Waals surface area contributed by atoms with Crippen LogP contribution in [0.2, 0.25) is 0 Å². The number of hydrogen-bond acceptors (Lipinski definition) is 5. The van der Waals surface area contributed by atoms with Crippen LogP contribution >= 0.6 is 24.0 Å². The Morgan fingerprint density at radius 1 is 1.07 bits per heavy atom. The van der Waals surface area contributed by atoms with Crippen molar-refractivity contribution in [3.05, 3.63) is 23.8 Å². The van der Waals surface area contributed by atoms with Gasteiger partial charge in [0.15, 0.2) is 5.96 Å². The Labute approximate surface area is 180 Å². The molecule has 0 aliphatic heterocycles. The molecule has 7 nitrogen and oxygen atoms in total. The molecule has 0 heterocycles. The zero-order chi connectivity index (χ0) is 19.2. The number of hydrogen-bond donors (Lipinski definition) is 2. The van der Waals surface area contributed by atoms with E-state index in [4.69, 9.17) is 14.2 Å². The van der Waals surface area contributed by atoms with Crippen LogP contribution in [0.4, 0.5) is 0 Å². The summed E-state index contributed by atoms with van der Waals surface area (Å²) in [5, 5.41) is 6.67. The van der Waals surface area contributed by atoms with Crippen molar-refractivity contribution < 1.29 is 14.2 Å². The predicted molar refractivity (Wildman–Crippen MR) is 122 cm³/mol. The Morgan fingerprint density at radius 3 is 2.44 bits per heavy atom. The number of benzene rings is 1. The quantitative estimate of drug-likeness (QED) is 0.201. The third-order valence-electron chi connectivity index (χ3n) is 4.07. The van der Waals surface area contributed by atoms with E-state index in [1.54, 1.807) is 28.4 Å². The molecule has 0 saturated heterocycles. The highest BCUT2D eigenvalue weighted by Gasteiger charge is 2.06. The van der Waals surface area contributed by atoms with E-state index >= 15 is 0 Å². The number of halogens is 1. The molecular weight excluding hydrogens is 459 g/mol. The molecule has 1 aromatic carbocycles. The number of rotatable bonds is 12. The highest BCUT2D eigenvalue weighted by atomic mass is 127. The highest BCUT2D eigenvalue weighted by molar-refractivity contribution is 14.0. The Hall–Kier alpha value is -1.26. The number of aliphatic imine (C=N–C) groups is 1. The Balaban J connectivity index is 0.00000676. The summed E-state index contributed by atoms with van der Waals surface area (Å²) in [6.07, 6.45) is 1.86. The third-order valence-corrected chi connectivity index (χ3v) is 4.07. The summed E-state index contributed by atoms with van der Waals surface area (Å²) in [5.74, 6) is 2.50. The van der Waals surface area contributed by atoms with Crippen molar-refractivity contribution in [3.8, 4) is 11.5 Å². The van der Waals surface area contributed by atoms with Gasteiger partial charge in [-0.05, 0) is 43.7 Å². The largest absolute Gasteiger partial charge is 0.497 e. The van der Waals surface area contributed by atoms with Crippen LogP contribution in [0.3, 0.4) is 0 Å². The summed E-state index contributed by atoms with van der Waals surface area (Å²) >= 11 is 0. The van der Waals surface area contributed by atoms with Crippen LogP contribution in [0.15, 0.2) is 23.2 Å². The van der Waals surface area contributed by atoms with Crippen molar-refractivity contribution in [3.63, 3.8) is 0 Å². The summed E-state index contributed by atoms with van der Waals surface area (Å²) in [4.78, 5) is 6.55. The number of nitrogens with one attached hydrogen (secondary N) is 2. The minimum Gasteiger partial charge on any atom is -0.497 e. The SMILES string of the molecule is CN=C(NCCc1cc(OC)ccc1OC)NCCN(C)CCCOC.I. The molecule has 0 aromatic heterocycles. The summed E-state index contributed by atoms with van der Waals surface area (Å²) in [7, 11) is 8.98. The van der Waals surface area contributed by atoms with E-state index in [1.807, 2.05) is 18.2 Å². The number of nitrogens with zero attached hydrogens (tertiary/aromatic N) is 2. The molecule has 0 amide bonds. The van der Waals surface area contributed by atoms with Gasteiger partial charge in [0.2, 0.25) is 0 Å². The summed E-state index contributed by atoms with van der Waals surface area (Å²) in [6, 6.07) is 5.84. The standard InChI is InChI=1S/C19H34N4O3.HI/c1-20-19(22-11-13-23(2)12-6-14-24-3)21-10-9-16-15-17(25-4)7-8-18(16)26-5;/h7-8,15H,6,9-14H2,1-5H3,(H2,20,21,22);1H. The summed E-state index contributed by atoms with van der Waals surface area (Å²) < 4.78 is 15.8. The van der Waals surface area contributed by atoms with Crippen LogP contribution in [0.5, 0.6) is 11.5 Å². The number of likely N-dealkylation sites (N-methyl/N-ethyl adjacent to an activating group) is 1. The van der Waals surface area contributed by atoms with Crippen LogP contribution in [0.1, 0.15) is 12.0 Å². The number of ether oxygens (including phenoxy) is 3. The van der Waals surface area contributed by atoms with Gasteiger partial charge in [-0.1, -0.05) is 0 Å². The first-order valence-electron chi connectivity index (χ1n) is 8.97. The molecule has 156 valence electrons. The van der Waals surface area contributed by atoms with Gasteiger partial charge in [-0.2, -0.15) is 0 Å². The van der Waals surface area contributed by atoms with E-state index in [2.05, 4.69) is 27.6 Å². The van der Waals surface area contributed by atoms with Gasteiger partial charge in [-0.25, -0.2) is 0 Å². The topological polar surface area (TPSA) is 67.4 Å². The molecule has 0 bridgehead atoms. The van der Waals surface area contributed by atoms with Gasteiger partial charge in [0.1, 0.15) is 11.5 Å². The Bertz CT molecular complexity index is 544. The second-order valence-corrected chi connectivity index (χ2v) is 6.00. The molecule has 0 radical (unpaired) electrons. The van der Waals surface area contributed by atoms with Crippen LogP contribution in [0.25, 0.3) is 0 Å². The maximum Gasteiger partial charge on any atom is 0.191 e. The van der Waals surface area contributed by atoms with Crippen LogP contribution in [-0.2, 0) is 11.2 Å². The van der Waals surface area contributed by atoms with Crippen molar-refractivity contribution >= 4 is 29.9 Å². The normalized spacial score (nSPS) is 11.1. The van der Waals surface area contributed by atoms with Crippen molar-refractivity contribution in [1.82, 2.24) is 15.5 Å². The average molecular weight is 494 g/mol. The van der Waals surface area contributed by atoms with Gasteiger partial charge in [0.25, 0.3) is 0 Å². The fourth-order valence-electron chi connectivity index (χ4n) is 2.57. The van der Waals surface area contributed by atoms with Crippen LogP contribution in [0, 0.1) is 0 Å². The minimum absolute atomic E-state index is 0. The lowest BCUT2D eigenvalue weighted by molar-refractivity contribution is 0.180. The van der Waals surface area contributed by atoms with E-state index in [0.717, 1.165) is 68.6 Å². The first-order valence-corrected chi connectivity index (χ1v) is 8.97. The zero-order valence-corrected chi connectivity index (χ0v) is 19.5. The van der Waals surface area contributed by atoms with E-state index in [1.165, 1.54) is 0 Å². The highest BCUT2D eigenvalue weighted by Crippen LogP contribution is 2.24. The van der Waals surface area contributed by atoms with Crippen molar-refractivity contribution in [2.24, 2.45) is 4.99 Å². The minimum atomic E-state index is 0. The molecule has 0 unspecified atom stereocenters. The van der Waals surface area contributed by atoms with E-state index < -0.39 is 0 Å². The molecule has 1 rings (SSSR count). The molecule has 1 aromatic rings. The summed E-state index contributed by atoms with van der Waals surface area (Å²) in [6.45, 7) is 4.37. The lowest BCUT2D eigenvalue weighted by Crippen LogP contribution is -2.41. The van der Waals surface area contributed by atoms with Gasteiger partial charge < -0.3 is 29.7 Å². The lowest BCUT2D eigenvalue weighted by atomic mass is 10.1. The molecule has 0 aliphatic rings. The Kier molecular flexibility index (Phi) is 15.0. The van der Waals surface area contributed by atoms with E-state index in [0.29, 0.717) is 0 Å². The van der Waals surface area contributed by atoms with E-state index in [9.17, 15) is 0 Å². The molecule has 8 heteroatoms. The van der Waals surface area contributed by atoms with E-state index in [-0.39, 0.29) is 24.0 Å². The van der Waals surface area contributed by atoms with Crippen LogP contribution in [-0.4, -0.2) is 79.1 Å². The molecule has 0 spiro atoms. The fourth-order valence-corrected chi connectivity index (χ4v) is 2.57. The first kappa shape index (κ1) is 25.7. The third kappa shape index (κ3) is 10.6. The molecule has 2 N–H and O–H groups in total. The number of guanidine groups is 1. The maximum atomic E-state index is 5.42. The van der Waals surface area contributed by atoms with Crippen molar-refractivity contribution in [1.29, 1.82) is 0 Å². The summed E-state index contributed by atoms with van der Waals surface area (Å²) in [5.41, 5.74) is 1.10. The zero-order valence-electron chi connectivity index (χ0n) is 17.2. The van der Waals surface area contributed by atoms with Crippen molar-refractivity contribution in [2.45, 2.75) is 12.8 Å².